The second kappa shape index (κ2) is 5.67. The number of nitrogens with zero attached hydrogens (tertiary/aromatic N) is 1. The maximum Gasteiger partial charge on any atom is 0.124 e. The molecule has 0 aliphatic rings. The summed E-state index contributed by atoms with van der Waals surface area (Å²) in [6, 6.07) is 25.1. The number of rotatable bonds is 2. The number of halogens is 1. The molecule has 3 heteroatoms. The molecule has 4 rings (SSSR count). The van der Waals surface area contributed by atoms with Crippen LogP contribution in [0.15, 0.2) is 77.3 Å². The topological polar surface area (TPSA) is 12.9 Å². The molecule has 0 aliphatic carbocycles. The first-order valence-corrected chi connectivity index (χ1v) is 8.63. The van der Waals surface area contributed by atoms with Crippen molar-refractivity contribution in [2.24, 2.45) is 0 Å². The van der Waals surface area contributed by atoms with Gasteiger partial charge in [0.2, 0.25) is 0 Å². The minimum Gasteiger partial charge on any atom is -0.236 e. The van der Waals surface area contributed by atoms with Crippen LogP contribution in [0.3, 0.4) is 0 Å². The van der Waals surface area contributed by atoms with E-state index in [1.807, 2.05) is 12.1 Å². The second-order valence-electron chi connectivity index (χ2n) is 5.04. The van der Waals surface area contributed by atoms with Crippen LogP contribution < -0.4 is 0 Å². The molecule has 1 nitrogen and oxygen atoms in total. The summed E-state index contributed by atoms with van der Waals surface area (Å²) in [4.78, 5) is 4.71. The van der Waals surface area contributed by atoms with E-state index in [0.717, 1.165) is 20.6 Å². The van der Waals surface area contributed by atoms with Crippen LogP contribution >= 0.6 is 27.3 Å². The van der Waals surface area contributed by atoms with E-state index in [2.05, 4.69) is 76.6 Å². The molecule has 0 aliphatic heterocycles. The van der Waals surface area contributed by atoms with Crippen molar-refractivity contribution in [2.75, 3.05) is 0 Å². The fourth-order valence-corrected chi connectivity index (χ4v) is 3.97. The first-order valence-electron chi connectivity index (χ1n) is 7.02. The average molecular weight is 366 g/mol. The van der Waals surface area contributed by atoms with Gasteiger partial charge in [-0.15, -0.1) is 11.3 Å². The Kier molecular flexibility index (Phi) is 3.53. The molecule has 4 aromatic rings. The van der Waals surface area contributed by atoms with E-state index < -0.39 is 0 Å². The average Bonchev–Trinajstić information content (AvgIpc) is 2.99. The fraction of sp³-hybridized carbons (Fsp3) is 0. The minimum absolute atomic E-state index is 1.07. The molecular formula is C19H12BrNS. The van der Waals surface area contributed by atoms with E-state index in [0.29, 0.717) is 0 Å². The van der Waals surface area contributed by atoms with E-state index in [-0.39, 0.29) is 0 Å². The number of hydrogen-bond acceptors (Lipinski definition) is 2. The molecule has 0 saturated heterocycles. The molecule has 0 saturated carbocycles. The predicted molar refractivity (Wildman–Crippen MR) is 98.2 cm³/mol. The number of hydrogen-bond donors (Lipinski definition) is 0. The number of para-hydroxylation sites is 1. The lowest BCUT2D eigenvalue weighted by atomic mass is 10.0. The Morgan fingerprint density at radius 1 is 0.727 bits per heavy atom. The van der Waals surface area contributed by atoms with Crippen molar-refractivity contribution >= 4 is 37.5 Å². The highest BCUT2D eigenvalue weighted by atomic mass is 79.9. The molecule has 1 heterocycles. The Labute approximate surface area is 141 Å². The van der Waals surface area contributed by atoms with E-state index in [9.17, 15) is 0 Å². The standard InChI is InChI=1S/C19H12BrNS/c20-16-6-2-1-5-15(16)13-9-11-14(12-10-13)19-21-17-7-3-4-8-18(17)22-19/h1-12H. The number of fused-ring (bicyclic) bond motifs is 1. The smallest absolute Gasteiger partial charge is 0.124 e. The van der Waals surface area contributed by atoms with Gasteiger partial charge in [0.1, 0.15) is 5.01 Å². The summed E-state index contributed by atoms with van der Waals surface area (Å²) in [6.07, 6.45) is 0. The highest BCUT2D eigenvalue weighted by Gasteiger charge is 2.07. The molecule has 3 aromatic carbocycles. The summed E-state index contributed by atoms with van der Waals surface area (Å²) in [5.74, 6) is 0. The van der Waals surface area contributed by atoms with E-state index in [1.165, 1.54) is 15.8 Å². The highest BCUT2D eigenvalue weighted by molar-refractivity contribution is 9.10. The van der Waals surface area contributed by atoms with Crippen molar-refractivity contribution in [1.82, 2.24) is 4.98 Å². The van der Waals surface area contributed by atoms with Gasteiger partial charge in [-0.3, -0.25) is 0 Å². The third kappa shape index (κ3) is 2.47. The molecule has 1 aromatic heterocycles. The van der Waals surface area contributed by atoms with Crippen molar-refractivity contribution < 1.29 is 0 Å². The van der Waals surface area contributed by atoms with Crippen molar-refractivity contribution in [1.29, 1.82) is 0 Å². The van der Waals surface area contributed by atoms with Gasteiger partial charge in [-0.2, -0.15) is 0 Å². The van der Waals surface area contributed by atoms with E-state index in [1.54, 1.807) is 11.3 Å². The molecular weight excluding hydrogens is 354 g/mol. The van der Waals surface area contributed by atoms with Crippen molar-refractivity contribution in [3.05, 3.63) is 77.3 Å². The summed E-state index contributed by atoms with van der Waals surface area (Å²) in [5.41, 5.74) is 4.64. The molecule has 106 valence electrons. The zero-order chi connectivity index (χ0) is 14.9. The van der Waals surface area contributed by atoms with Crippen LogP contribution in [0.5, 0.6) is 0 Å². The van der Waals surface area contributed by atoms with Gasteiger partial charge in [0.15, 0.2) is 0 Å². The number of thiazole rings is 1. The largest absolute Gasteiger partial charge is 0.236 e. The molecule has 0 N–H and O–H groups in total. The summed E-state index contributed by atoms with van der Waals surface area (Å²) in [5, 5.41) is 1.07. The second-order valence-corrected chi connectivity index (χ2v) is 6.93. The third-order valence-corrected chi connectivity index (χ3v) is 5.39. The molecule has 0 atom stereocenters. The zero-order valence-electron chi connectivity index (χ0n) is 11.7. The van der Waals surface area contributed by atoms with Gasteiger partial charge >= 0.3 is 0 Å². The summed E-state index contributed by atoms with van der Waals surface area (Å²) >= 11 is 5.34. The van der Waals surface area contributed by atoms with Crippen LogP contribution in [0.2, 0.25) is 0 Å². The molecule has 0 unspecified atom stereocenters. The quantitative estimate of drug-likeness (QED) is 0.400. The number of aromatic nitrogens is 1. The monoisotopic (exact) mass is 365 g/mol. The lowest BCUT2D eigenvalue weighted by Gasteiger charge is -2.05. The lowest BCUT2D eigenvalue weighted by Crippen LogP contribution is -1.81. The molecule has 0 fully saturated rings. The van der Waals surface area contributed by atoms with Crippen LogP contribution in [-0.4, -0.2) is 4.98 Å². The minimum atomic E-state index is 1.07. The van der Waals surface area contributed by atoms with Crippen molar-refractivity contribution in [2.45, 2.75) is 0 Å². The summed E-state index contributed by atoms with van der Waals surface area (Å²) < 4.78 is 2.34. The van der Waals surface area contributed by atoms with E-state index >= 15 is 0 Å². The Morgan fingerprint density at radius 2 is 1.41 bits per heavy atom. The molecule has 22 heavy (non-hydrogen) atoms. The van der Waals surface area contributed by atoms with Crippen LogP contribution in [0.4, 0.5) is 0 Å². The Bertz CT molecular complexity index is 908. The Morgan fingerprint density at radius 3 is 2.18 bits per heavy atom. The van der Waals surface area contributed by atoms with Crippen molar-refractivity contribution in [3.8, 4) is 21.7 Å². The van der Waals surface area contributed by atoms with Gasteiger partial charge in [0.25, 0.3) is 0 Å². The number of benzene rings is 3. The SMILES string of the molecule is Brc1ccccc1-c1ccc(-c2nc3ccccc3s2)cc1. The van der Waals surface area contributed by atoms with Gasteiger partial charge in [-0.25, -0.2) is 4.98 Å². The first kappa shape index (κ1) is 13.7. The van der Waals surface area contributed by atoms with Crippen LogP contribution in [0.25, 0.3) is 31.9 Å². The lowest BCUT2D eigenvalue weighted by molar-refractivity contribution is 1.47. The van der Waals surface area contributed by atoms with Gasteiger partial charge in [0, 0.05) is 10.0 Å². The summed E-state index contributed by atoms with van der Waals surface area (Å²) in [6.45, 7) is 0. The zero-order valence-corrected chi connectivity index (χ0v) is 14.1. The molecule has 0 bridgehead atoms. The molecule has 0 spiro atoms. The van der Waals surface area contributed by atoms with Gasteiger partial charge in [0.05, 0.1) is 10.2 Å². The van der Waals surface area contributed by atoms with Gasteiger partial charge in [-0.05, 0) is 29.3 Å². The van der Waals surface area contributed by atoms with Crippen LogP contribution in [0.1, 0.15) is 0 Å². The maximum absolute atomic E-state index is 4.71. The van der Waals surface area contributed by atoms with E-state index in [4.69, 9.17) is 4.98 Å². The highest BCUT2D eigenvalue weighted by Crippen LogP contribution is 2.33. The normalized spacial score (nSPS) is 11.0. The van der Waals surface area contributed by atoms with Crippen LogP contribution in [-0.2, 0) is 0 Å². The third-order valence-electron chi connectivity index (χ3n) is 3.61. The Hall–Kier alpha value is -1.97. The molecule has 0 radical (unpaired) electrons. The fourth-order valence-electron chi connectivity index (χ4n) is 2.48. The Balaban J connectivity index is 1.74. The molecule has 0 amide bonds. The maximum atomic E-state index is 4.71. The van der Waals surface area contributed by atoms with Crippen molar-refractivity contribution in [3.63, 3.8) is 0 Å². The van der Waals surface area contributed by atoms with Gasteiger partial charge in [-0.1, -0.05) is 70.5 Å². The summed E-state index contributed by atoms with van der Waals surface area (Å²) in [7, 11) is 0. The van der Waals surface area contributed by atoms with Crippen LogP contribution in [0, 0.1) is 0 Å². The predicted octanol–water partition coefficient (Wildman–Crippen LogP) is 6.39. The first-order chi connectivity index (χ1) is 10.8. The van der Waals surface area contributed by atoms with Gasteiger partial charge < -0.3 is 0 Å².